The van der Waals surface area contributed by atoms with Crippen LogP contribution in [-0.4, -0.2) is 17.9 Å². The average Bonchev–Trinajstić information content (AvgIpc) is 3.04. The lowest BCUT2D eigenvalue weighted by molar-refractivity contribution is -0.199. The van der Waals surface area contributed by atoms with Crippen LogP contribution in [0.25, 0.3) is 0 Å². The monoisotopic (exact) mass is 636 g/mol. The molecular formula is C43H56O4. The van der Waals surface area contributed by atoms with E-state index >= 15 is 0 Å². The van der Waals surface area contributed by atoms with Crippen molar-refractivity contribution in [2.75, 3.05) is 0 Å². The Bertz CT molecular complexity index is 1560. The molecule has 2 unspecified atom stereocenters. The molecule has 7 rings (SSSR count). The first kappa shape index (κ1) is 32.7. The molecule has 4 heteroatoms. The van der Waals surface area contributed by atoms with Crippen molar-refractivity contribution in [3.8, 4) is 5.75 Å². The van der Waals surface area contributed by atoms with E-state index in [1.54, 1.807) is 0 Å². The van der Waals surface area contributed by atoms with Gasteiger partial charge in [-0.1, -0.05) is 95.6 Å². The average molecular weight is 637 g/mol. The standard InChI is InChI=1S/C43H56O4/c1-38(2)34-18-21-43(7)36(41(34,5)20-19-35(38)47-30-16-12-9-13-17-30)33(44)26-31-32-27-40(4,23-22-39(32,3)24-25-42(31,43)6)37(45)46-28-29-14-10-8-11-15-29/h8-17,26,32,34-36H,18-25,27-28H2,1-7H3/t32-,34?,35-,36?,39+,40-,41-,42+,43+/m0/s1. The molecule has 0 N–H and O–H groups in total. The molecule has 0 radical (unpaired) electrons. The molecule has 0 amide bonds. The van der Waals surface area contributed by atoms with E-state index in [-0.39, 0.29) is 51.0 Å². The second kappa shape index (κ2) is 11.1. The number of hydrogen-bond acceptors (Lipinski definition) is 4. The zero-order chi connectivity index (χ0) is 33.5. The van der Waals surface area contributed by atoms with E-state index in [4.69, 9.17) is 9.47 Å². The topological polar surface area (TPSA) is 52.6 Å². The van der Waals surface area contributed by atoms with Gasteiger partial charge in [0.05, 0.1) is 5.41 Å². The van der Waals surface area contributed by atoms with Crippen LogP contribution in [0.4, 0.5) is 0 Å². The number of esters is 1. The lowest BCUT2D eigenvalue weighted by atomic mass is 9.33. The van der Waals surface area contributed by atoms with Gasteiger partial charge in [-0.2, -0.15) is 0 Å². The molecule has 0 aliphatic heterocycles. The van der Waals surface area contributed by atoms with Crippen LogP contribution in [0, 0.1) is 50.2 Å². The van der Waals surface area contributed by atoms with Gasteiger partial charge in [-0.05, 0) is 122 Å². The summed E-state index contributed by atoms with van der Waals surface area (Å²) in [5, 5.41) is 0. The maximum atomic E-state index is 14.8. The smallest absolute Gasteiger partial charge is 0.312 e. The molecule has 0 saturated heterocycles. The van der Waals surface area contributed by atoms with Crippen LogP contribution in [0.2, 0.25) is 0 Å². The van der Waals surface area contributed by atoms with Gasteiger partial charge in [0.1, 0.15) is 18.5 Å². The van der Waals surface area contributed by atoms with Crippen molar-refractivity contribution in [1.82, 2.24) is 0 Å². The highest BCUT2D eigenvalue weighted by atomic mass is 16.5. The van der Waals surface area contributed by atoms with Crippen molar-refractivity contribution < 1.29 is 19.1 Å². The Kier molecular flexibility index (Phi) is 7.69. The molecule has 0 bridgehead atoms. The molecule has 4 saturated carbocycles. The van der Waals surface area contributed by atoms with Crippen molar-refractivity contribution in [3.05, 3.63) is 77.9 Å². The van der Waals surface area contributed by atoms with Crippen LogP contribution in [0.1, 0.15) is 112 Å². The van der Waals surface area contributed by atoms with Crippen LogP contribution >= 0.6 is 0 Å². The molecule has 252 valence electrons. The Morgan fingerprint density at radius 3 is 2.15 bits per heavy atom. The van der Waals surface area contributed by atoms with E-state index < -0.39 is 5.41 Å². The predicted molar refractivity (Wildman–Crippen MR) is 187 cm³/mol. The molecule has 47 heavy (non-hydrogen) atoms. The van der Waals surface area contributed by atoms with Crippen molar-refractivity contribution in [2.24, 2.45) is 50.2 Å². The number of carbonyl (C=O) groups is 2. The summed E-state index contributed by atoms with van der Waals surface area (Å²) in [5.74, 6) is 1.81. The highest BCUT2D eigenvalue weighted by molar-refractivity contribution is 5.95. The minimum absolute atomic E-state index is 0.00498. The minimum atomic E-state index is -0.552. The van der Waals surface area contributed by atoms with E-state index in [1.807, 2.05) is 48.5 Å². The molecule has 4 nitrogen and oxygen atoms in total. The van der Waals surface area contributed by atoms with Crippen LogP contribution in [-0.2, 0) is 20.9 Å². The Morgan fingerprint density at radius 2 is 1.45 bits per heavy atom. The highest BCUT2D eigenvalue weighted by Gasteiger charge is 2.70. The second-order valence-corrected chi connectivity index (χ2v) is 18.1. The number of para-hydroxylation sites is 1. The Labute approximate surface area is 283 Å². The maximum Gasteiger partial charge on any atom is 0.312 e. The van der Waals surface area contributed by atoms with Gasteiger partial charge in [0.2, 0.25) is 0 Å². The summed E-state index contributed by atoms with van der Waals surface area (Å²) in [6, 6.07) is 20.2. The first-order valence-electron chi connectivity index (χ1n) is 18.4. The molecule has 0 spiro atoms. The SMILES string of the molecule is CC1(C)C2CC[C@]3(C)C(C(=O)C=C4[C@@H]5C[C@@](C)(C(=O)OCc6ccccc6)CC[C@]5(C)CC[C@]43C)[C@@]2(C)CC[C@@H]1Oc1ccccc1. The maximum absolute atomic E-state index is 14.8. The second-order valence-electron chi connectivity index (χ2n) is 18.1. The molecular weight excluding hydrogens is 580 g/mol. The van der Waals surface area contributed by atoms with E-state index in [0.717, 1.165) is 69.1 Å². The molecule has 9 atom stereocenters. The molecule has 5 aliphatic carbocycles. The Hall–Kier alpha value is -2.88. The van der Waals surface area contributed by atoms with Crippen LogP contribution in [0.3, 0.4) is 0 Å². The summed E-state index contributed by atoms with van der Waals surface area (Å²) in [4.78, 5) is 28.6. The fourth-order valence-electron chi connectivity index (χ4n) is 12.1. The zero-order valence-corrected chi connectivity index (χ0v) is 29.9. The predicted octanol–water partition coefficient (Wildman–Crippen LogP) is 10.2. The highest BCUT2D eigenvalue weighted by Crippen LogP contribution is 2.75. The number of benzene rings is 2. The van der Waals surface area contributed by atoms with Crippen molar-refractivity contribution >= 4 is 11.8 Å². The van der Waals surface area contributed by atoms with Crippen LogP contribution in [0.5, 0.6) is 5.75 Å². The fraction of sp³-hybridized carbons (Fsp3) is 0.628. The molecule has 0 heterocycles. The number of ketones is 1. The first-order valence-corrected chi connectivity index (χ1v) is 18.4. The lowest BCUT2D eigenvalue weighted by Gasteiger charge is -2.70. The lowest BCUT2D eigenvalue weighted by Crippen LogP contribution is -2.67. The van der Waals surface area contributed by atoms with E-state index in [2.05, 4.69) is 66.7 Å². The number of allylic oxidation sites excluding steroid dienone is 2. The summed E-state index contributed by atoms with van der Waals surface area (Å²) in [6.07, 6.45) is 11.3. The zero-order valence-electron chi connectivity index (χ0n) is 29.9. The number of fused-ring (bicyclic) bond motifs is 7. The Morgan fingerprint density at radius 1 is 0.787 bits per heavy atom. The van der Waals surface area contributed by atoms with Crippen molar-refractivity contribution in [1.29, 1.82) is 0 Å². The third-order valence-corrected chi connectivity index (χ3v) is 15.2. The van der Waals surface area contributed by atoms with Crippen LogP contribution in [0.15, 0.2) is 72.3 Å². The third-order valence-electron chi connectivity index (χ3n) is 15.2. The van der Waals surface area contributed by atoms with Gasteiger partial charge in [0, 0.05) is 11.3 Å². The number of ether oxygens (including phenoxy) is 2. The van der Waals surface area contributed by atoms with Crippen molar-refractivity contribution in [3.63, 3.8) is 0 Å². The molecule has 0 aromatic heterocycles. The summed E-state index contributed by atoms with van der Waals surface area (Å²) in [6.45, 7) is 17.1. The molecule has 2 aromatic carbocycles. The Balaban J connectivity index is 1.18. The number of carbonyl (C=O) groups excluding carboxylic acids is 2. The van der Waals surface area contributed by atoms with Gasteiger partial charge in [0.25, 0.3) is 0 Å². The molecule has 2 aromatic rings. The summed E-state index contributed by atoms with van der Waals surface area (Å²) in [5.41, 5.74) is 1.59. The van der Waals surface area contributed by atoms with Gasteiger partial charge in [-0.25, -0.2) is 0 Å². The fourth-order valence-corrected chi connectivity index (χ4v) is 12.1. The minimum Gasteiger partial charge on any atom is -0.490 e. The normalized spacial score (nSPS) is 42.1. The first-order chi connectivity index (χ1) is 22.2. The summed E-state index contributed by atoms with van der Waals surface area (Å²) in [7, 11) is 0. The number of hydrogen-bond donors (Lipinski definition) is 0. The van der Waals surface area contributed by atoms with Gasteiger partial charge in [-0.3, -0.25) is 9.59 Å². The summed E-state index contributed by atoms with van der Waals surface area (Å²) < 4.78 is 12.6. The van der Waals surface area contributed by atoms with Gasteiger partial charge in [0.15, 0.2) is 5.78 Å². The van der Waals surface area contributed by atoms with Crippen LogP contribution < -0.4 is 4.74 Å². The molecule has 5 aliphatic rings. The molecule has 4 fully saturated rings. The van der Waals surface area contributed by atoms with E-state index in [1.165, 1.54) is 5.57 Å². The van der Waals surface area contributed by atoms with E-state index in [0.29, 0.717) is 18.3 Å². The van der Waals surface area contributed by atoms with Gasteiger partial charge in [-0.15, -0.1) is 0 Å². The largest absolute Gasteiger partial charge is 0.490 e. The van der Waals surface area contributed by atoms with Gasteiger partial charge >= 0.3 is 5.97 Å². The van der Waals surface area contributed by atoms with E-state index in [9.17, 15) is 9.59 Å². The van der Waals surface area contributed by atoms with Gasteiger partial charge < -0.3 is 9.47 Å². The number of rotatable bonds is 5. The quantitative estimate of drug-likeness (QED) is 0.307. The summed E-state index contributed by atoms with van der Waals surface area (Å²) >= 11 is 0. The third kappa shape index (κ3) is 4.89. The van der Waals surface area contributed by atoms with Crippen molar-refractivity contribution in [2.45, 2.75) is 119 Å².